The summed E-state index contributed by atoms with van der Waals surface area (Å²) in [5.41, 5.74) is 2.67. The predicted molar refractivity (Wildman–Crippen MR) is 81.7 cm³/mol. The number of aromatic hydroxyl groups is 2. The van der Waals surface area contributed by atoms with Gasteiger partial charge >= 0.3 is 0 Å². The predicted octanol–water partition coefficient (Wildman–Crippen LogP) is 3.84. The van der Waals surface area contributed by atoms with Crippen molar-refractivity contribution in [3.63, 3.8) is 0 Å². The van der Waals surface area contributed by atoms with Gasteiger partial charge in [-0.1, -0.05) is 42.0 Å². The third-order valence-electron chi connectivity index (χ3n) is 2.76. The maximum Gasteiger partial charge on any atom is 0.123 e. The molecule has 2 aromatic carbocycles. The van der Waals surface area contributed by atoms with Crippen LogP contribution in [0.2, 0.25) is 0 Å². The third kappa shape index (κ3) is 3.42. The van der Waals surface area contributed by atoms with Gasteiger partial charge in [-0.2, -0.15) is 0 Å². The van der Waals surface area contributed by atoms with Crippen molar-refractivity contribution < 1.29 is 10.2 Å². The number of allylic oxidation sites excluding steroid dienone is 1. The van der Waals surface area contributed by atoms with Crippen LogP contribution in [0.5, 0.6) is 11.5 Å². The summed E-state index contributed by atoms with van der Waals surface area (Å²) in [6.45, 7) is 2.02. The zero-order valence-electron chi connectivity index (χ0n) is 10.5. The fourth-order valence-electron chi connectivity index (χ4n) is 1.65. The first-order chi connectivity index (χ1) is 9.06. The Labute approximate surface area is 117 Å². The molecule has 2 N–H and O–H groups in total. The molecule has 0 aromatic heterocycles. The minimum absolute atomic E-state index is 0.110. The molecule has 0 aliphatic rings. The van der Waals surface area contributed by atoms with E-state index >= 15 is 0 Å². The highest BCUT2D eigenvalue weighted by Crippen LogP contribution is 2.23. The van der Waals surface area contributed by atoms with Gasteiger partial charge in [0, 0.05) is 10.4 Å². The van der Waals surface area contributed by atoms with Gasteiger partial charge in [0.15, 0.2) is 0 Å². The summed E-state index contributed by atoms with van der Waals surface area (Å²) in [5, 5.41) is 19.0. The van der Waals surface area contributed by atoms with Crippen LogP contribution in [0.25, 0.3) is 6.08 Å². The van der Waals surface area contributed by atoms with E-state index in [0.717, 1.165) is 5.56 Å². The number of aryl methyl sites for hydroxylation is 1. The normalized spacial score (nSPS) is 10.8. The molecule has 0 bridgehead atoms. The standard InChI is InChI=1S/C16H14O2S/c1-11-2-4-12(5-3-11)16(19)9-6-13-10-14(17)7-8-15(13)18/h2-10,17-18H,1H3. The van der Waals surface area contributed by atoms with E-state index in [1.807, 2.05) is 31.2 Å². The highest BCUT2D eigenvalue weighted by molar-refractivity contribution is 7.81. The van der Waals surface area contributed by atoms with Crippen molar-refractivity contribution in [3.05, 3.63) is 65.2 Å². The van der Waals surface area contributed by atoms with Crippen LogP contribution >= 0.6 is 12.2 Å². The second-order valence-electron chi connectivity index (χ2n) is 4.31. The van der Waals surface area contributed by atoms with Crippen molar-refractivity contribution in [3.8, 4) is 11.5 Å². The quantitative estimate of drug-likeness (QED) is 0.385. The summed E-state index contributed by atoms with van der Waals surface area (Å²) in [4.78, 5) is 0.683. The molecule has 0 radical (unpaired) electrons. The van der Waals surface area contributed by atoms with Crippen molar-refractivity contribution >= 4 is 23.2 Å². The lowest BCUT2D eigenvalue weighted by Crippen LogP contribution is -1.91. The second-order valence-corrected chi connectivity index (χ2v) is 4.75. The number of phenolic OH excluding ortho intramolecular Hbond substituents is 2. The number of thiocarbonyl (C=S) groups is 1. The molecule has 2 nitrogen and oxygen atoms in total. The molecular formula is C16H14O2S. The summed E-state index contributed by atoms with van der Waals surface area (Å²) in [6.07, 6.45) is 3.44. The van der Waals surface area contributed by atoms with Gasteiger partial charge in [0.1, 0.15) is 11.5 Å². The molecule has 0 heterocycles. The third-order valence-corrected chi connectivity index (χ3v) is 3.13. The van der Waals surface area contributed by atoms with Crippen molar-refractivity contribution in [2.24, 2.45) is 0 Å². The molecule has 0 unspecified atom stereocenters. The summed E-state index contributed by atoms with van der Waals surface area (Å²) in [6, 6.07) is 12.3. The Morgan fingerprint density at radius 2 is 1.74 bits per heavy atom. The van der Waals surface area contributed by atoms with Gasteiger partial charge < -0.3 is 10.2 Å². The van der Waals surface area contributed by atoms with Crippen LogP contribution in [0.15, 0.2) is 48.5 Å². The SMILES string of the molecule is Cc1ccc(C(=S)C=Cc2cc(O)ccc2O)cc1. The van der Waals surface area contributed by atoms with Gasteiger partial charge in [0.25, 0.3) is 0 Å². The number of benzene rings is 2. The van der Waals surface area contributed by atoms with Gasteiger partial charge in [0.2, 0.25) is 0 Å². The zero-order chi connectivity index (χ0) is 13.8. The molecule has 0 atom stereocenters. The van der Waals surface area contributed by atoms with Crippen molar-refractivity contribution in [2.45, 2.75) is 6.92 Å². The zero-order valence-corrected chi connectivity index (χ0v) is 11.3. The lowest BCUT2D eigenvalue weighted by atomic mass is 10.1. The fraction of sp³-hybridized carbons (Fsp3) is 0.0625. The van der Waals surface area contributed by atoms with E-state index in [4.69, 9.17) is 12.2 Å². The van der Waals surface area contributed by atoms with Crippen molar-refractivity contribution in [2.75, 3.05) is 0 Å². The highest BCUT2D eigenvalue weighted by atomic mass is 32.1. The first kappa shape index (κ1) is 13.3. The molecule has 3 heteroatoms. The van der Waals surface area contributed by atoms with Crippen LogP contribution in [-0.4, -0.2) is 15.1 Å². The molecule has 2 rings (SSSR count). The lowest BCUT2D eigenvalue weighted by molar-refractivity contribution is 0.459. The van der Waals surface area contributed by atoms with Crippen molar-refractivity contribution in [1.29, 1.82) is 0 Å². The largest absolute Gasteiger partial charge is 0.508 e. The number of hydrogen-bond acceptors (Lipinski definition) is 3. The summed E-state index contributed by atoms with van der Waals surface area (Å²) in [7, 11) is 0. The average molecular weight is 270 g/mol. The van der Waals surface area contributed by atoms with Gasteiger partial charge in [-0.05, 0) is 42.8 Å². The smallest absolute Gasteiger partial charge is 0.123 e. The maximum atomic E-state index is 9.65. The molecule has 2 aromatic rings. The Hall–Kier alpha value is -2.13. The van der Waals surface area contributed by atoms with E-state index < -0.39 is 0 Å². The Balaban J connectivity index is 2.20. The molecule has 0 saturated heterocycles. The highest BCUT2D eigenvalue weighted by Gasteiger charge is 2.00. The van der Waals surface area contributed by atoms with Crippen LogP contribution in [0.1, 0.15) is 16.7 Å². The van der Waals surface area contributed by atoms with Gasteiger partial charge in [-0.3, -0.25) is 0 Å². The average Bonchev–Trinajstić information content (AvgIpc) is 2.40. The van der Waals surface area contributed by atoms with E-state index in [1.165, 1.54) is 23.8 Å². The van der Waals surface area contributed by atoms with Crippen LogP contribution in [0.4, 0.5) is 0 Å². The van der Waals surface area contributed by atoms with Crippen molar-refractivity contribution in [1.82, 2.24) is 0 Å². The minimum atomic E-state index is 0.110. The molecule has 19 heavy (non-hydrogen) atoms. The first-order valence-electron chi connectivity index (χ1n) is 5.87. The summed E-state index contributed by atoms with van der Waals surface area (Å²) >= 11 is 5.31. The molecule has 96 valence electrons. The van der Waals surface area contributed by atoms with E-state index in [9.17, 15) is 10.2 Å². The fourth-order valence-corrected chi connectivity index (χ4v) is 1.86. The van der Waals surface area contributed by atoms with Crippen LogP contribution in [0.3, 0.4) is 0 Å². The first-order valence-corrected chi connectivity index (χ1v) is 6.28. The molecule has 0 saturated carbocycles. The number of rotatable bonds is 3. The Bertz CT molecular complexity index is 628. The molecular weight excluding hydrogens is 256 g/mol. The summed E-state index contributed by atoms with van der Waals surface area (Å²) < 4.78 is 0. The summed E-state index contributed by atoms with van der Waals surface area (Å²) in [5.74, 6) is 0.222. The van der Waals surface area contributed by atoms with E-state index in [0.29, 0.717) is 10.4 Å². The molecule has 0 aliphatic heterocycles. The Kier molecular flexibility index (Phi) is 3.97. The van der Waals surface area contributed by atoms with Gasteiger partial charge in [-0.15, -0.1) is 0 Å². The van der Waals surface area contributed by atoms with E-state index in [2.05, 4.69) is 0 Å². The van der Waals surface area contributed by atoms with E-state index in [1.54, 1.807) is 12.2 Å². The van der Waals surface area contributed by atoms with Crippen LogP contribution in [0, 0.1) is 6.92 Å². The Morgan fingerprint density at radius 3 is 2.42 bits per heavy atom. The molecule has 0 aliphatic carbocycles. The Morgan fingerprint density at radius 1 is 1.05 bits per heavy atom. The molecule has 0 amide bonds. The topological polar surface area (TPSA) is 40.5 Å². The second kappa shape index (κ2) is 5.67. The molecule has 0 spiro atoms. The number of hydrogen-bond donors (Lipinski definition) is 2. The number of phenols is 2. The van der Waals surface area contributed by atoms with Crippen LogP contribution < -0.4 is 0 Å². The van der Waals surface area contributed by atoms with Gasteiger partial charge in [-0.25, -0.2) is 0 Å². The van der Waals surface area contributed by atoms with Crippen LogP contribution in [-0.2, 0) is 0 Å². The molecule has 0 fully saturated rings. The van der Waals surface area contributed by atoms with E-state index in [-0.39, 0.29) is 11.5 Å². The lowest BCUT2D eigenvalue weighted by Gasteiger charge is -2.01. The minimum Gasteiger partial charge on any atom is -0.508 e. The monoisotopic (exact) mass is 270 g/mol. The maximum absolute atomic E-state index is 9.65. The van der Waals surface area contributed by atoms with Gasteiger partial charge in [0.05, 0.1) is 0 Å².